The molecule has 0 bridgehead atoms. The number of aliphatic imine (C=N–C) groups is 1. The summed E-state index contributed by atoms with van der Waals surface area (Å²) in [6.45, 7) is 4.11. The van der Waals surface area contributed by atoms with Gasteiger partial charge in [-0.25, -0.2) is 4.99 Å². The molecular formula is C19H16N2O2S. The Balaban J connectivity index is 1.94. The van der Waals surface area contributed by atoms with Crippen LogP contribution in [-0.4, -0.2) is 27.6 Å². The van der Waals surface area contributed by atoms with Gasteiger partial charge in [-0.2, -0.15) is 0 Å². The van der Waals surface area contributed by atoms with Gasteiger partial charge in [0.1, 0.15) is 5.75 Å². The summed E-state index contributed by atoms with van der Waals surface area (Å²) in [4.78, 5) is 19.4. The van der Waals surface area contributed by atoms with Crippen molar-refractivity contribution in [3.05, 3.63) is 77.7 Å². The topological polar surface area (TPSA) is 52.9 Å². The average molecular weight is 336 g/mol. The molecule has 1 aliphatic heterocycles. The van der Waals surface area contributed by atoms with E-state index in [1.54, 1.807) is 35.2 Å². The molecule has 5 heteroatoms. The van der Waals surface area contributed by atoms with E-state index in [1.807, 2.05) is 36.4 Å². The zero-order valence-electron chi connectivity index (χ0n) is 12.9. The van der Waals surface area contributed by atoms with E-state index >= 15 is 0 Å². The molecule has 24 heavy (non-hydrogen) atoms. The van der Waals surface area contributed by atoms with Crippen LogP contribution in [0, 0.1) is 0 Å². The maximum atomic E-state index is 12.6. The molecule has 2 aromatic carbocycles. The van der Waals surface area contributed by atoms with Crippen LogP contribution in [0.1, 0.15) is 5.56 Å². The van der Waals surface area contributed by atoms with Crippen molar-refractivity contribution in [1.29, 1.82) is 0 Å². The number of thioether (sulfide) groups is 1. The first-order valence-corrected chi connectivity index (χ1v) is 8.24. The minimum absolute atomic E-state index is 0.0821. The Kier molecular flexibility index (Phi) is 4.82. The molecule has 1 aliphatic rings. The van der Waals surface area contributed by atoms with Crippen molar-refractivity contribution in [2.24, 2.45) is 4.99 Å². The van der Waals surface area contributed by atoms with Gasteiger partial charge in [0.05, 0.1) is 10.6 Å². The molecule has 0 unspecified atom stereocenters. The van der Waals surface area contributed by atoms with Crippen LogP contribution in [-0.2, 0) is 4.79 Å². The van der Waals surface area contributed by atoms with Crippen LogP contribution in [0.15, 0.2) is 77.1 Å². The largest absolute Gasteiger partial charge is 0.508 e. The van der Waals surface area contributed by atoms with E-state index < -0.39 is 0 Å². The maximum Gasteiger partial charge on any atom is 0.267 e. The van der Waals surface area contributed by atoms with Crippen molar-refractivity contribution >= 4 is 34.6 Å². The zero-order valence-corrected chi connectivity index (χ0v) is 13.7. The summed E-state index contributed by atoms with van der Waals surface area (Å²) in [6, 6.07) is 16.3. The summed E-state index contributed by atoms with van der Waals surface area (Å²) in [7, 11) is 0. The van der Waals surface area contributed by atoms with Gasteiger partial charge in [0.2, 0.25) is 0 Å². The van der Waals surface area contributed by atoms with E-state index in [1.165, 1.54) is 11.8 Å². The molecule has 0 radical (unpaired) electrons. The van der Waals surface area contributed by atoms with Gasteiger partial charge in [-0.3, -0.25) is 9.69 Å². The second-order valence-corrected chi connectivity index (χ2v) is 6.15. The monoisotopic (exact) mass is 336 g/mol. The molecule has 120 valence electrons. The number of hydrogen-bond donors (Lipinski definition) is 1. The van der Waals surface area contributed by atoms with Gasteiger partial charge in [0.15, 0.2) is 5.17 Å². The molecule has 0 aromatic heterocycles. The minimum atomic E-state index is -0.0821. The number of carbonyl (C=O) groups is 1. The van der Waals surface area contributed by atoms with Crippen molar-refractivity contribution in [3.8, 4) is 5.75 Å². The van der Waals surface area contributed by atoms with Crippen LogP contribution in [0.25, 0.3) is 6.08 Å². The third-order valence-corrected chi connectivity index (χ3v) is 4.38. The highest BCUT2D eigenvalue weighted by atomic mass is 32.2. The van der Waals surface area contributed by atoms with E-state index in [0.29, 0.717) is 22.3 Å². The third-order valence-electron chi connectivity index (χ3n) is 3.37. The number of phenolic OH excluding ortho intramolecular Hbond substituents is 1. The molecular weight excluding hydrogens is 320 g/mol. The Morgan fingerprint density at radius 1 is 1.12 bits per heavy atom. The summed E-state index contributed by atoms with van der Waals surface area (Å²) < 4.78 is 0. The van der Waals surface area contributed by atoms with Crippen LogP contribution in [0.4, 0.5) is 5.69 Å². The lowest BCUT2D eigenvalue weighted by atomic mass is 10.2. The van der Waals surface area contributed by atoms with E-state index in [9.17, 15) is 9.90 Å². The standard InChI is InChI=1S/C19H16N2O2S/c1-2-12-21-18(23)17(13-14-6-4-3-5-7-14)24-19(21)20-15-8-10-16(22)11-9-15/h2-11,13,22H,1,12H2. The number of benzene rings is 2. The number of nitrogens with zero attached hydrogens (tertiary/aromatic N) is 2. The van der Waals surface area contributed by atoms with Crippen LogP contribution in [0.3, 0.4) is 0 Å². The number of amidine groups is 1. The molecule has 3 rings (SSSR count). The lowest BCUT2D eigenvalue weighted by molar-refractivity contribution is -0.121. The van der Waals surface area contributed by atoms with Gasteiger partial charge in [-0.1, -0.05) is 36.4 Å². The number of hydrogen-bond acceptors (Lipinski definition) is 4. The Morgan fingerprint density at radius 2 is 1.83 bits per heavy atom. The van der Waals surface area contributed by atoms with Gasteiger partial charge in [-0.05, 0) is 47.7 Å². The SMILES string of the molecule is C=CCN1C(=O)C(=Cc2ccccc2)SC1=Nc1ccc(O)cc1. The molecule has 1 N–H and O–H groups in total. The van der Waals surface area contributed by atoms with E-state index in [-0.39, 0.29) is 11.7 Å². The molecule has 2 aromatic rings. The number of amides is 1. The summed E-state index contributed by atoms with van der Waals surface area (Å²) in [5.74, 6) is 0.1000. The first-order valence-electron chi connectivity index (χ1n) is 7.42. The average Bonchev–Trinajstić information content (AvgIpc) is 2.87. The van der Waals surface area contributed by atoms with Crippen molar-refractivity contribution in [2.45, 2.75) is 0 Å². The number of aromatic hydroxyl groups is 1. The van der Waals surface area contributed by atoms with Crippen LogP contribution < -0.4 is 0 Å². The second kappa shape index (κ2) is 7.19. The smallest absolute Gasteiger partial charge is 0.267 e. The number of rotatable bonds is 4. The Labute approximate surface area is 144 Å². The normalized spacial score (nSPS) is 17.7. The van der Waals surface area contributed by atoms with Crippen molar-refractivity contribution in [1.82, 2.24) is 4.90 Å². The summed E-state index contributed by atoms with van der Waals surface area (Å²) in [5, 5.41) is 9.97. The Morgan fingerprint density at radius 3 is 2.50 bits per heavy atom. The third kappa shape index (κ3) is 3.58. The highest BCUT2D eigenvalue weighted by Crippen LogP contribution is 2.34. The molecule has 0 saturated carbocycles. The molecule has 1 fully saturated rings. The molecule has 0 spiro atoms. The van der Waals surface area contributed by atoms with Crippen LogP contribution >= 0.6 is 11.8 Å². The lowest BCUT2D eigenvalue weighted by Gasteiger charge is -2.12. The van der Waals surface area contributed by atoms with E-state index in [0.717, 1.165) is 5.56 Å². The second-order valence-electron chi connectivity index (χ2n) is 5.14. The highest BCUT2D eigenvalue weighted by molar-refractivity contribution is 8.18. The molecule has 1 amide bonds. The molecule has 1 saturated heterocycles. The van der Waals surface area contributed by atoms with E-state index in [2.05, 4.69) is 11.6 Å². The fourth-order valence-corrected chi connectivity index (χ4v) is 3.23. The summed E-state index contributed by atoms with van der Waals surface area (Å²) >= 11 is 1.34. The van der Waals surface area contributed by atoms with Crippen LogP contribution in [0.2, 0.25) is 0 Å². The molecule has 1 heterocycles. The highest BCUT2D eigenvalue weighted by Gasteiger charge is 2.32. The number of carbonyl (C=O) groups excluding carboxylic acids is 1. The van der Waals surface area contributed by atoms with Crippen LogP contribution in [0.5, 0.6) is 5.75 Å². The predicted molar refractivity (Wildman–Crippen MR) is 99.1 cm³/mol. The summed E-state index contributed by atoms with van der Waals surface area (Å²) in [6.07, 6.45) is 3.54. The fraction of sp³-hybridized carbons (Fsp3) is 0.0526. The van der Waals surface area contributed by atoms with Crippen molar-refractivity contribution < 1.29 is 9.90 Å². The quantitative estimate of drug-likeness (QED) is 0.673. The predicted octanol–water partition coefficient (Wildman–Crippen LogP) is 4.18. The molecule has 4 nitrogen and oxygen atoms in total. The Bertz CT molecular complexity index is 811. The van der Waals surface area contributed by atoms with Crippen molar-refractivity contribution in [3.63, 3.8) is 0 Å². The van der Waals surface area contributed by atoms with E-state index in [4.69, 9.17) is 0 Å². The molecule has 0 atom stereocenters. The minimum Gasteiger partial charge on any atom is -0.508 e. The van der Waals surface area contributed by atoms with Crippen molar-refractivity contribution in [2.75, 3.05) is 6.54 Å². The fourth-order valence-electron chi connectivity index (χ4n) is 2.22. The first kappa shape index (κ1) is 16.1. The number of phenols is 1. The van der Waals surface area contributed by atoms with Gasteiger partial charge in [0, 0.05) is 6.54 Å². The van der Waals surface area contributed by atoms with Gasteiger partial charge < -0.3 is 5.11 Å². The Hall–Kier alpha value is -2.79. The maximum absolute atomic E-state index is 12.6. The van der Waals surface area contributed by atoms with Gasteiger partial charge >= 0.3 is 0 Å². The molecule has 0 aliphatic carbocycles. The van der Waals surface area contributed by atoms with Gasteiger partial charge in [0.25, 0.3) is 5.91 Å². The lowest BCUT2D eigenvalue weighted by Crippen LogP contribution is -2.29. The summed E-state index contributed by atoms with van der Waals surface area (Å²) in [5.41, 5.74) is 1.65. The van der Waals surface area contributed by atoms with Gasteiger partial charge in [-0.15, -0.1) is 6.58 Å². The zero-order chi connectivity index (χ0) is 16.9. The first-order chi connectivity index (χ1) is 11.7.